The molecule has 18 heavy (non-hydrogen) atoms. The Balaban J connectivity index is 0.00000162. The molecule has 0 aliphatic carbocycles. The van der Waals surface area contributed by atoms with Gasteiger partial charge in [0.1, 0.15) is 0 Å². The maximum atomic E-state index is 5.58. The molecule has 0 bridgehead atoms. The maximum absolute atomic E-state index is 5.58. The molecular formula is C14H20ClN3. The van der Waals surface area contributed by atoms with Gasteiger partial charge in [-0.15, -0.1) is 12.4 Å². The fourth-order valence-electron chi connectivity index (χ4n) is 1.82. The van der Waals surface area contributed by atoms with Crippen molar-refractivity contribution in [3.63, 3.8) is 0 Å². The quantitative estimate of drug-likeness (QED) is 0.923. The monoisotopic (exact) mass is 265 g/mol. The highest BCUT2D eigenvalue weighted by atomic mass is 35.5. The molecule has 4 heteroatoms. The van der Waals surface area contributed by atoms with Gasteiger partial charge >= 0.3 is 0 Å². The Bertz CT molecular complexity index is 474. The van der Waals surface area contributed by atoms with Crippen LogP contribution in [0.4, 0.5) is 0 Å². The maximum Gasteiger partial charge on any atom is 0.0568 e. The summed E-state index contributed by atoms with van der Waals surface area (Å²) in [5, 5.41) is 4.37. The van der Waals surface area contributed by atoms with E-state index in [0.29, 0.717) is 12.5 Å². The number of aromatic nitrogens is 2. The molecule has 0 aliphatic heterocycles. The zero-order valence-corrected chi connectivity index (χ0v) is 11.7. The van der Waals surface area contributed by atoms with Crippen LogP contribution in [0.25, 0.3) is 11.1 Å². The van der Waals surface area contributed by atoms with Crippen LogP contribution in [-0.4, -0.2) is 9.78 Å². The van der Waals surface area contributed by atoms with Gasteiger partial charge in [0.25, 0.3) is 0 Å². The Labute approximate surface area is 114 Å². The first kappa shape index (κ1) is 14.7. The molecule has 1 aromatic carbocycles. The highest BCUT2D eigenvalue weighted by molar-refractivity contribution is 5.85. The average molecular weight is 266 g/mol. The molecule has 1 heterocycles. The number of nitrogens with two attached hydrogens (primary N) is 1. The van der Waals surface area contributed by atoms with Crippen LogP contribution in [0.1, 0.15) is 19.4 Å². The van der Waals surface area contributed by atoms with E-state index in [-0.39, 0.29) is 12.4 Å². The fourth-order valence-corrected chi connectivity index (χ4v) is 1.82. The topological polar surface area (TPSA) is 43.8 Å². The van der Waals surface area contributed by atoms with E-state index < -0.39 is 0 Å². The molecule has 0 radical (unpaired) electrons. The molecule has 98 valence electrons. The highest BCUT2D eigenvalue weighted by Gasteiger charge is 2.03. The first-order valence-electron chi connectivity index (χ1n) is 6.01. The molecule has 0 aliphatic rings. The minimum atomic E-state index is 0. The van der Waals surface area contributed by atoms with Crippen molar-refractivity contribution in [2.45, 2.75) is 26.9 Å². The molecule has 0 amide bonds. The lowest BCUT2D eigenvalue weighted by Crippen LogP contribution is -2.03. The molecule has 0 atom stereocenters. The number of nitrogens with zero attached hydrogens (tertiary/aromatic N) is 2. The van der Waals surface area contributed by atoms with E-state index in [1.54, 1.807) is 0 Å². The van der Waals surface area contributed by atoms with Crippen molar-refractivity contribution < 1.29 is 0 Å². The molecular weight excluding hydrogens is 246 g/mol. The molecule has 2 aromatic rings. The lowest BCUT2D eigenvalue weighted by molar-refractivity contribution is 0.483. The van der Waals surface area contributed by atoms with Gasteiger partial charge in [-0.1, -0.05) is 38.1 Å². The molecule has 0 saturated heterocycles. The van der Waals surface area contributed by atoms with E-state index >= 15 is 0 Å². The van der Waals surface area contributed by atoms with Crippen LogP contribution in [0.2, 0.25) is 0 Å². The van der Waals surface area contributed by atoms with E-state index in [1.165, 1.54) is 5.56 Å². The van der Waals surface area contributed by atoms with Gasteiger partial charge in [0.2, 0.25) is 0 Å². The van der Waals surface area contributed by atoms with Crippen LogP contribution in [-0.2, 0) is 13.1 Å². The van der Waals surface area contributed by atoms with Crippen LogP contribution in [0.3, 0.4) is 0 Å². The summed E-state index contributed by atoms with van der Waals surface area (Å²) in [6.07, 6.45) is 4.01. The van der Waals surface area contributed by atoms with Crippen LogP contribution in [0.5, 0.6) is 0 Å². The van der Waals surface area contributed by atoms with Crippen molar-refractivity contribution in [1.82, 2.24) is 9.78 Å². The van der Waals surface area contributed by atoms with Crippen molar-refractivity contribution in [2.24, 2.45) is 11.7 Å². The number of benzene rings is 1. The van der Waals surface area contributed by atoms with Gasteiger partial charge in [-0.2, -0.15) is 5.10 Å². The SMILES string of the molecule is CC(C)Cn1cc(-c2ccc(CN)cc2)cn1.Cl. The Morgan fingerprint density at radius 1 is 1.17 bits per heavy atom. The van der Waals surface area contributed by atoms with E-state index in [1.807, 2.05) is 10.9 Å². The molecule has 0 saturated carbocycles. The number of hydrogen-bond acceptors (Lipinski definition) is 2. The highest BCUT2D eigenvalue weighted by Crippen LogP contribution is 2.19. The smallest absolute Gasteiger partial charge is 0.0568 e. The van der Waals surface area contributed by atoms with Crippen molar-refractivity contribution >= 4 is 12.4 Å². The van der Waals surface area contributed by atoms with Crippen molar-refractivity contribution in [2.75, 3.05) is 0 Å². The van der Waals surface area contributed by atoms with E-state index in [4.69, 9.17) is 5.73 Å². The second-order valence-corrected chi connectivity index (χ2v) is 4.75. The second kappa shape index (κ2) is 6.57. The minimum Gasteiger partial charge on any atom is -0.326 e. The molecule has 2 rings (SSSR count). The number of rotatable bonds is 4. The van der Waals surface area contributed by atoms with Crippen LogP contribution < -0.4 is 5.73 Å². The zero-order chi connectivity index (χ0) is 12.3. The van der Waals surface area contributed by atoms with Crippen LogP contribution in [0.15, 0.2) is 36.7 Å². The number of hydrogen-bond donors (Lipinski definition) is 1. The summed E-state index contributed by atoms with van der Waals surface area (Å²) >= 11 is 0. The zero-order valence-electron chi connectivity index (χ0n) is 10.8. The van der Waals surface area contributed by atoms with E-state index in [2.05, 4.69) is 49.4 Å². The summed E-state index contributed by atoms with van der Waals surface area (Å²) in [6, 6.07) is 8.32. The van der Waals surface area contributed by atoms with Crippen molar-refractivity contribution in [3.8, 4) is 11.1 Å². The summed E-state index contributed by atoms with van der Waals surface area (Å²) in [6.45, 7) is 5.93. The largest absolute Gasteiger partial charge is 0.326 e. The van der Waals surface area contributed by atoms with E-state index in [0.717, 1.165) is 17.7 Å². The van der Waals surface area contributed by atoms with Crippen molar-refractivity contribution in [3.05, 3.63) is 42.2 Å². The van der Waals surface area contributed by atoms with Gasteiger partial charge in [-0.25, -0.2) is 0 Å². The van der Waals surface area contributed by atoms with Crippen molar-refractivity contribution in [1.29, 1.82) is 0 Å². The van der Waals surface area contributed by atoms with Crippen LogP contribution in [0, 0.1) is 5.92 Å². The normalized spacial score (nSPS) is 10.4. The van der Waals surface area contributed by atoms with Gasteiger partial charge in [-0.3, -0.25) is 4.68 Å². The molecule has 0 fully saturated rings. The standard InChI is InChI=1S/C14H19N3.ClH/c1-11(2)9-17-10-14(8-16-17)13-5-3-12(7-15)4-6-13;/h3-6,8,10-11H,7,9,15H2,1-2H3;1H. The molecule has 0 unspecified atom stereocenters. The lowest BCUT2D eigenvalue weighted by Gasteiger charge is -2.03. The minimum absolute atomic E-state index is 0. The molecule has 3 nitrogen and oxygen atoms in total. The summed E-state index contributed by atoms with van der Waals surface area (Å²) in [5.74, 6) is 0.613. The fraction of sp³-hybridized carbons (Fsp3) is 0.357. The van der Waals surface area contributed by atoms with E-state index in [9.17, 15) is 0 Å². The third-order valence-electron chi connectivity index (χ3n) is 2.71. The Hall–Kier alpha value is -1.32. The Morgan fingerprint density at radius 3 is 2.39 bits per heavy atom. The van der Waals surface area contributed by atoms with Gasteiger partial charge in [-0.05, 0) is 17.0 Å². The third-order valence-corrected chi connectivity index (χ3v) is 2.71. The van der Waals surface area contributed by atoms with Gasteiger partial charge in [0.15, 0.2) is 0 Å². The first-order chi connectivity index (χ1) is 8.19. The summed E-state index contributed by atoms with van der Waals surface area (Å²) in [4.78, 5) is 0. The van der Waals surface area contributed by atoms with Gasteiger partial charge in [0.05, 0.1) is 6.20 Å². The lowest BCUT2D eigenvalue weighted by atomic mass is 10.1. The van der Waals surface area contributed by atoms with Gasteiger partial charge in [0, 0.05) is 24.8 Å². The van der Waals surface area contributed by atoms with Gasteiger partial charge < -0.3 is 5.73 Å². The summed E-state index contributed by atoms with van der Waals surface area (Å²) in [5.41, 5.74) is 9.09. The predicted octanol–water partition coefficient (Wildman–Crippen LogP) is 3.09. The van der Waals surface area contributed by atoms with Crippen LogP contribution >= 0.6 is 12.4 Å². The average Bonchev–Trinajstić information content (AvgIpc) is 2.77. The Kier molecular flexibility index (Phi) is 5.38. The summed E-state index contributed by atoms with van der Waals surface area (Å²) < 4.78 is 2.00. The second-order valence-electron chi connectivity index (χ2n) is 4.75. The predicted molar refractivity (Wildman–Crippen MR) is 77.6 cm³/mol. The third kappa shape index (κ3) is 3.59. The number of halogens is 1. The molecule has 0 spiro atoms. The first-order valence-corrected chi connectivity index (χ1v) is 6.01. The molecule has 2 N–H and O–H groups in total. The molecule has 1 aromatic heterocycles. The summed E-state index contributed by atoms with van der Waals surface area (Å²) in [7, 11) is 0. The Morgan fingerprint density at radius 2 is 1.83 bits per heavy atom.